The van der Waals surface area contributed by atoms with E-state index < -0.39 is 18.2 Å². The summed E-state index contributed by atoms with van der Waals surface area (Å²) >= 11 is 0. The van der Waals surface area contributed by atoms with Gasteiger partial charge in [-0.15, -0.1) is 0 Å². The SMILES string of the molecule is CC/C=C\C/C=C\C/C=C\C/C=C\C/C=C\CCCCCC(=O)OC(CCCCCCC/C=C/C/C=C/CC)CC(=O)NC(CO)C(O)CCCCCCCCCCCCCCCCCC. The number of hydrogen-bond donors (Lipinski definition) is 3. The number of ether oxygens (including phenoxy) is 1. The van der Waals surface area contributed by atoms with Crippen LogP contribution in [-0.4, -0.2) is 46.9 Å². The zero-order valence-corrected chi connectivity index (χ0v) is 43.3. The molecule has 3 atom stereocenters. The average Bonchev–Trinajstić information content (AvgIpc) is 3.31. The summed E-state index contributed by atoms with van der Waals surface area (Å²) in [5, 5.41) is 23.8. The number of nitrogens with one attached hydrogen (secondary N) is 1. The highest BCUT2D eigenvalue weighted by molar-refractivity contribution is 5.77. The van der Waals surface area contributed by atoms with Crippen molar-refractivity contribution in [2.45, 2.75) is 277 Å². The molecule has 3 N–H and O–H groups in total. The fourth-order valence-corrected chi connectivity index (χ4v) is 8.08. The van der Waals surface area contributed by atoms with Gasteiger partial charge in [0.15, 0.2) is 0 Å². The lowest BCUT2D eigenvalue weighted by Gasteiger charge is -2.24. The molecule has 0 aromatic heterocycles. The van der Waals surface area contributed by atoms with Gasteiger partial charge in [0, 0.05) is 6.42 Å². The van der Waals surface area contributed by atoms with Gasteiger partial charge in [-0.2, -0.15) is 0 Å². The van der Waals surface area contributed by atoms with E-state index in [9.17, 15) is 19.8 Å². The molecule has 0 aromatic rings. The molecule has 0 aliphatic carbocycles. The molecule has 0 aliphatic rings. The molecule has 0 bridgehead atoms. The van der Waals surface area contributed by atoms with Crippen LogP contribution in [-0.2, 0) is 14.3 Å². The second kappa shape index (κ2) is 53.0. The first-order valence-electron chi connectivity index (χ1n) is 27.8. The number of rotatable bonds is 49. The molecule has 66 heavy (non-hydrogen) atoms. The molecule has 6 heteroatoms. The number of aliphatic hydroxyl groups excluding tert-OH is 2. The highest BCUT2D eigenvalue weighted by Crippen LogP contribution is 2.18. The van der Waals surface area contributed by atoms with E-state index >= 15 is 0 Å². The van der Waals surface area contributed by atoms with Crippen LogP contribution in [0.2, 0.25) is 0 Å². The summed E-state index contributed by atoms with van der Waals surface area (Å²) in [6.07, 6.45) is 69.3. The standard InChI is InChI=1S/C60H105NO5/c1-4-7-10-13-16-19-22-25-27-29-30-31-33-35-38-41-44-47-50-53-60(65)66-56(51-48-45-42-39-36-24-21-18-15-12-9-6-3)54-59(64)61-57(55-62)58(63)52-49-46-43-40-37-34-32-28-26-23-20-17-14-11-8-5-2/h7,9-10,12,16,18-19,21,25,27,30-31,35,38,56-58,62-63H,4-6,8,11,13-15,17,20,22-24,26,28-29,32-34,36-37,39-55H2,1-3H3,(H,61,64)/b10-7-,12-9+,19-16-,21-18+,27-25-,31-30-,38-35-. The lowest BCUT2D eigenvalue weighted by molar-refractivity contribution is -0.151. The Hall–Kier alpha value is -2.96. The molecule has 0 heterocycles. The van der Waals surface area contributed by atoms with Crippen LogP contribution in [0.1, 0.15) is 258 Å². The predicted octanol–water partition coefficient (Wildman–Crippen LogP) is 17.1. The maximum atomic E-state index is 13.2. The Bertz CT molecular complexity index is 1260. The van der Waals surface area contributed by atoms with Gasteiger partial charge in [0.2, 0.25) is 5.91 Å². The number of allylic oxidation sites excluding steroid dienone is 14. The number of hydrogen-bond acceptors (Lipinski definition) is 5. The highest BCUT2D eigenvalue weighted by Gasteiger charge is 2.24. The number of unbranched alkanes of at least 4 members (excludes halogenated alkanes) is 23. The number of carbonyl (C=O) groups is 2. The average molecular weight is 921 g/mol. The molecule has 0 saturated carbocycles. The first-order chi connectivity index (χ1) is 32.5. The molecule has 3 unspecified atom stereocenters. The van der Waals surface area contributed by atoms with E-state index in [2.05, 4.69) is 111 Å². The van der Waals surface area contributed by atoms with Gasteiger partial charge in [-0.05, 0) is 96.3 Å². The van der Waals surface area contributed by atoms with E-state index in [0.717, 1.165) is 122 Å². The van der Waals surface area contributed by atoms with Crippen LogP contribution >= 0.6 is 0 Å². The van der Waals surface area contributed by atoms with Crippen molar-refractivity contribution in [1.29, 1.82) is 0 Å². The molecular weight excluding hydrogens is 815 g/mol. The van der Waals surface area contributed by atoms with Crippen molar-refractivity contribution in [2.24, 2.45) is 0 Å². The molecule has 0 aliphatic heterocycles. The molecule has 380 valence electrons. The smallest absolute Gasteiger partial charge is 0.306 e. The summed E-state index contributed by atoms with van der Waals surface area (Å²) < 4.78 is 5.93. The molecular formula is C60H105NO5. The minimum Gasteiger partial charge on any atom is -0.462 e. The third kappa shape index (κ3) is 47.5. The Morgan fingerprint density at radius 3 is 1.24 bits per heavy atom. The normalized spacial score (nSPS) is 13.8. The third-order valence-electron chi connectivity index (χ3n) is 12.2. The van der Waals surface area contributed by atoms with E-state index in [1.54, 1.807) is 0 Å². The van der Waals surface area contributed by atoms with Gasteiger partial charge in [-0.3, -0.25) is 9.59 Å². The predicted molar refractivity (Wildman–Crippen MR) is 287 cm³/mol. The van der Waals surface area contributed by atoms with E-state index in [-0.39, 0.29) is 24.9 Å². The quantitative estimate of drug-likeness (QED) is 0.0321. The fourth-order valence-electron chi connectivity index (χ4n) is 8.08. The lowest BCUT2D eigenvalue weighted by atomic mass is 10.0. The van der Waals surface area contributed by atoms with Crippen molar-refractivity contribution in [2.75, 3.05) is 6.61 Å². The molecule has 6 nitrogen and oxygen atoms in total. The topological polar surface area (TPSA) is 95.9 Å². The van der Waals surface area contributed by atoms with Crippen LogP contribution < -0.4 is 5.32 Å². The Kier molecular flexibility index (Phi) is 50.6. The lowest BCUT2D eigenvalue weighted by Crippen LogP contribution is -2.46. The zero-order chi connectivity index (χ0) is 48.1. The van der Waals surface area contributed by atoms with Crippen molar-refractivity contribution < 1.29 is 24.5 Å². The highest BCUT2D eigenvalue weighted by atomic mass is 16.5. The van der Waals surface area contributed by atoms with E-state index in [4.69, 9.17) is 4.74 Å². The van der Waals surface area contributed by atoms with Crippen molar-refractivity contribution in [1.82, 2.24) is 5.32 Å². The van der Waals surface area contributed by atoms with E-state index in [1.165, 1.54) is 89.9 Å². The van der Waals surface area contributed by atoms with E-state index in [0.29, 0.717) is 19.3 Å². The summed E-state index contributed by atoms with van der Waals surface area (Å²) in [6, 6.07) is -0.718. The Labute approximate surface area is 408 Å². The molecule has 0 spiro atoms. The summed E-state index contributed by atoms with van der Waals surface area (Å²) in [5.74, 6) is -0.527. The molecule has 0 fully saturated rings. The maximum absolute atomic E-state index is 13.2. The zero-order valence-electron chi connectivity index (χ0n) is 43.3. The number of aliphatic hydroxyl groups is 2. The summed E-state index contributed by atoms with van der Waals surface area (Å²) in [6.45, 7) is 6.26. The van der Waals surface area contributed by atoms with Crippen LogP contribution in [0.3, 0.4) is 0 Å². The minimum atomic E-state index is -0.802. The van der Waals surface area contributed by atoms with Gasteiger partial charge in [0.25, 0.3) is 0 Å². The maximum Gasteiger partial charge on any atom is 0.306 e. The van der Waals surface area contributed by atoms with Crippen molar-refractivity contribution in [3.8, 4) is 0 Å². The molecule has 0 saturated heterocycles. The van der Waals surface area contributed by atoms with Crippen LogP contribution in [0.15, 0.2) is 85.1 Å². The molecule has 0 radical (unpaired) electrons. The van der Waals surface area contributed by atoms with Gasteiger partial charge in [-0.25, -0.2) is 0 Å². The van der Waals surface area contributed by atoms with Gasteiger partial charge in [0.1, 0.15) is 6.10 Å². The van der Waals surface area contributed by atoms with Crippen molar-refractivity contribution in [3.05, 3.63) is 85.1 Å². The Morgan fingerprint density at radius 2 is 0.818 bits per heavy atom. The first-order valence-corrected chi connectivity index (χ1v) is 27.8. The fraction of sp³-hybridized carbons (Fsp3) is 0.733. The number of carbonyl (C=O) groups excluding carboxylic acids is 2. The molecule has 0 aromatic carbocycles. The van der Waals surface area contributed by atoms with Crippen LogP contribution in [0.25, 0.3) is 0 Å². The third-order valence-corrected chi connectivity index (χ3v) is 12.2. The van der Waals surface area contributed by atoms with Gasteiger partial charge < -0.3 is 20.3 Å². The van der Waals surface area contributed by atoms with Crippen molar-refractivity contribution >= 4 is 11.9 Å². The monoisotopic (exact) mass is 920 g/mol. The summed E-state index contributed by atoms with van der Waals surface area (Å²) in [5.41, 5.74) is 0. The minimum absolute atomic E-state index is 0.0509. The second-order valence-electron chi connectivity index (χ2n) is 18.6. The summed E-state index contributed by atoms with van der Waals surface area (Å²) in [7, 11) is 0. The first kappa shape index (κ1) is 63.0. The largest absolute Gasteiger partial charge is 0.462 e. The molecule has 0 rings (SSSR count). The van der Waals surface area contributed by atoms with Crippen LogP contribution in [0.5, 0.6) is 0 Å². The van der Waals surface area contributed by atoms with Crippen LogP contribution in [0, 0.1) is 0 Å². The summed E-state index contributed by atoms with van der Waals surface area (Å²) in [4.78, 5) is 26.2. The second-order valence-corrected chi connectivity index (χ2v) is 18.6. The van der Waals surface area contributed by atoms with Crippen molar-refractivity contribution in [3.63, 3.8) is 0 Å². The number of amides is 1. The van der Waals surface area contributed by atoms with Crippen LogP contribution in [0.4, 0.5) is 0 Å². The Balaban J connectivity index is 4.58. The van der Waals surface area contributed by atoms with Gasteiger partial charge >= 0.3 is 5.97 Å². The van der Waals surface area contributed by atoms with Gasteiger partial charge in [0.05, 0.1) is 25.2 Å². The Morgan fingerprint density at radius 1 is 0.455 bits per heavy atom. The van der Waals surface area contributed by atoms with E-state index in [1.807, 2.05) is 0 Å². The van der Waals surface area contributed by atoms with Gasteiger partial charge in [-0.1, -0.05) is 234 Å². The molecule has 1 amide bonds. The number of esters is 1.